The fourth-order valence-electron chi connectivity index (χ4n) is 2.22. The molecule has 0 aliphatic heterocycles. The fourth-order valence-corrected chi connectivity index (χ4v) is 2.92. The number of hydrogen-bond donors (Lipinski definition) is 1. The van der Waals surface area contributed by atoms with Crippen LogP contribution in [0.15, 0.2) is 35.7 Å². The molecule has 1 heterocycles. The zero-order chi connectivity index (χ0) is 13.2. The van der Waals surface area contributed by atoms with Gasteiger partial charge in [-0.25, -0.2) is 0 Å². The third-order valence-corrected chi connectivity index (χ3v) is 4.24. The van der Waals surface area contributed by atoms with Gasteiger partial charge in [-0.05, 0) is 42.5 Å². The molecule has 1 aromatic heterocycles. The highest BCUT2D eigenvalue weighted by atomic mass is 32.1. The summed E-state index contributed by atoms with van der Waals surface area (Å²) >= 11 is 1.78. The van der Waals surface area contributed by atoms with Crippen molar-refractivity contribution in [1.82, 2.24) is 0 Å². The second-order valence-corrected chi connectivity index (χ2v) is 5.85. The highest BCUT2D eigenvalue weighted by Gasteiger charge is 2.29. The van der Waals surface area contributed by atoms with Gasteiger partial charge in [0.1, 0.15) is 6.07 Å². The minimum Gasteiger partial charge on any atom is -0.398 e. The quantitative estimate of drug-likeness (QED) is 0.866. The Morgan fingerprint density at radius 3 is 2.79 bits per heavy atom. The first kappa shape index (κ1) is 12.1. The summed E-state index contributed by atoms with van der Waals surface area (Å²) in [7, 11) is 0. The van der Waals surface area contributed by atoms with Crippen molar-refractivity contribution in [3.05, 3.63) is 46.2 Å². The maximum atomic E-state index is 8.93. The molecule has 2 aromatic rings. The molecule has 0 atom stereocenters. The van der Waals surface area contributed by atoms with E-state index in [0.717, 1.165) is 12.2 Å². The molecule has 0 bridgehead atoms. The van der Waals surface area contributed by atoms with Gasteiger partial charge in [0.2, 0.25) is 0 Å². The molecule has 0 unspecified atom stereocenters. The van der Waals surface area contributed by atoms with Crippen molar-refractivity contribution in [2.45, 2.75) is 25.4 Å². The second-order valence-electron chi connectivity index (χ2n) is 4.82. The molecule has 3 nitrogen and oxygen atoms in total. The lowest BCUT2D eigenvalue weighted by atomic mass is 10.1. The Kier molecular flexibility index (Phi) is 3.14. The standard InChI is InChI=1S/C15H15N3S/c16-9-11-3-4-13(8-15(11)17)18(12-5-6-12)10-14-2-1-7-19-14/h1-4,7-8,12H,5-6,10,17H2. The van der Waals surface area contributed by atoms with Crippen molar-refractivity contribution in [2.75, 3.05) is 10.6 Å². The molecule has 1 saturated carbocycles. The highest BCUT2D eigenvalue weighted by Crippen LogP contribution is 2.34. The lowest BCUT2D eigenvalue weighted by molar-refractivity contribution is 0.804. The topological polar surface area (TPSA) is 53.0 Å². The van der Waals surface area contributed by atoms with Crippen LogP contribution in [0.3, 0.4) is 0 Å². The summed E-state index contributed by atoms with van der Waals surface area (Å²) in [6, 6.07) is 12.7. The summed E-state index contributed by atoms with van der Waals surface area (Å²) in [5.74, 6) is 0. The molecule has 0 amide bonds. The van der Waals surface area contributed by atoms with Crippen LogP contribution in [0.25, 0.3) is 0 Å². The minimum atomic E-state index is 0.552. The van der Waals surface area contributed by atoms with E-state index >= 15 is 0 Å². The maximum Gasteiger partial charge on any atom is 0.101 e. The van der Waals surface area contributed by atoms with E-state index in [9.17, 15) is 0 Å². The van der Waals surface area contributed by atoms with Crippen LogP contribution in [0.4, 0.5) is 11.4 Å². The van der Waals surface area contributed by atoms with Crippen LogP contribution in [-0.2, 0) is 6.54 Å². The Morgan fingerprint density at radius 1 is 1.37 bits per heavy atom. The number of nitriles is 1. The first-order valence-corrected chi connectivity index (χ1v) is 7.24. The van der Waals surface area contributed by atoms with E-state index in [1.807, 2.05) is 18.2 Å². The smallest absolute Gasteiger partial charge is 0.101 e. The van der Waals surface area contributed by atoms with Crippen LogP contribution in [0.5, 0.6) is 0 Å². The molecule has 2 N–H and O–H groups in total. The van der Waals surface area contributed by atoms with Crippen molar-refractivity contribution in [3.63, 3.8) is 0 Å². The van der Waals surface area contributed by atoms with Crippen LogP contribution in [-0.4, -0.2) is 6.04 Å². The van der Waals surface area contributed by atoms with E-state index in [1.54, 1.807) is 11.3 Å². The molecule has 1 aliphatic rings. The van der Waals surface area contributed by atoms with Gasteiger partial charge in [-0.15, -0.1) is 11.3 Å². The average molecular weight is 269 g/mol. The summed E-state index contributed by atoms with van der Waals surface area (Å²) in [6.07, 6.45) is 2.48. The Balaban J connectivity index is 1.88. The second kappa shape index (κ2) is 4.94. The van der Waals surface area contributed by atoms with E-state index in [0.29, 0.717) is 17.3 Å². The Hall–Kier alpha value is -1.99. The van der Waals surface area contributed by atoms with Gasteiger partial charge in [0.05, 0.1) is 17.8 Å². The van der Waals surface area contributed by atoms with Crippen molar-refractivity contribution in [3.8, 4) is 6.07 Å². The maximum absolute atomic E-state index is 8.93. The van der Waals surface area contributed by atoms with Crippen molar-refractivity contribution in [2.24, 2.45) is 0 Å². The SMILES string of the molecule is N#Cc1ccc(N(Cc2cccs2)C2CC2)cc1N. The third-order valence-electron chi connectivity index (χ3n) is 3.38. The molecule has 0 spiro atoms. The molecule has 1 fully saturated rings. The Bertz CT molecular complexity index is 609. The third kappa shape index (κ3) is 2.56. The summed E-state index contributed by atoms with van der Waals surface area (Å²) in [4.78, 5) is 3.75. The van der Waals surface area contributed by atoms with E-state index in [2.05, 4.69) is 28.5 Å². The molecule has 1 aliphatic carbocycles. The molecule has 4 heteroatoms. The van der Waals surface area contributed by atoms with E-state index in [1.165, 1.54) is 17.7 Å². The minimum absolute atomic E-state index is 0.552. The largest absolute Gasteiger partial charge is 0.398 e. The first-order valence-electron chi connectivity index (χ1n) is 6.36. The fraction of sp³-hybridized carbons (Fsp3) is 0.267. The summed E-state index contributed by atoms with van der Waals surface area (Å²) < 4.78 is 0. The van der Waals surface area contributed by atoms with Crippen LogP contribution < -0.4 is 10.6 Å². The molecule has 0 radical (unpaired) electrons. The number of rotatable bonds is 4. The molecule has 19 heavy (non-hydrogen) atoms. The van der Waals surface area contributed by atoms with Gasteiger partial charge >= 0.3 is 0 Å². The first-order chi connectivity index (χ1) is 9.28. The van der Waals surface area contributed by atoms with Crippen molar-refractivity contribution >= 4 is 22.7 Å². The molecular formula is C15H15N3S. The molecule has 96 valence electrons. The number of anilines is 2. The van der Waals surface area contributed by atoms with Crippen LogP contribution >= 0.6 is 11.3 Å². The van der Waals surface area contributed by atoms with E-state index < -0.39 is 0 Å². The van der Waals surface area contributed by atoms with Gasteiger partial charge in [0, 0.05) is 16.6 Å². The van der Waals surface area contributed by atoms with Gasteiger partial charge < -0.3 is 10.6 Å². The van der Waals surface area contributed by atoms with Crippen LogP contribution in [0, 0.1) is 11.3 Å². The summed E-state index contributed by atoms with van der Waals surface area (Å²) in [5.41, 5.74) is 8.15. The monoisotopic (exact) mass is 269 g/mol. The van der Waals surface area contributed by atoms with Gasteiger partial charge in [-0.3, -0.25) is 0 Å². The number of nitrogen functional groups attached to an aromatic ring is 1. The van der Waals surface area contributed by atoms with Crippen LogP contribution in [0.2, 0.25) is 0 Å². The Morgan fingerprint density at radius 2 is 2.21 bits per heavy atom. The number of nitrogens with two attached hydrogens (primary N) is 1. The van der Waals surface area contributed by atoms with Gasteiger partial charge in [0.25, 0.3) is 0 Å². The summed E-state index contributed by atoms with van der Waals surface area (Å²) in [6.45, 7) is 0.924. The molecule has 3 rings (SSSR count). The van der Waals surface area contributed by atoms with E-state index in [-0.39, 0.29) is 0 Å². The Labute approximate surface area is 116 Å². The number of hydrogen-bond acceptors (Lipinski definition) is 4. The lowest BCUT2D eigenvalue weighted by Crippen LogP contribution is -2.24. The normalized spacial score (nSPS) is 14.1. The molecule has 1 aromatic carbocycles. The molecular weight excluding hydrogens is 254 g/mol. The summed E-state index contributed by atoms with van der Waals surface area (Å²) in [5, 5.41) is 11.0. The average Bonchev–Trinajstić information content (AvgIpc) is 3.13. The van der Waals surface area contributed by atoms with Gasteiger partial charge in [-0.1, -0.05) is 6.07 Å². The number of benzene rings is 1. The van der Waals surface area contributed by atoms with E-state index in [4.69, 9.17) is 11.0 Å². The zero-order valence-corrected chi connectivity index (χ0v) is 11.4. The number of thiophene rings is 1. The van der Waals surface area contributed by atoms with Crippen molar-refractivity contribution in [1.29, 1.82) is 5.26 Å². The number of nitrogens with zero attached hydrogens (tertiary/aromatic N) is 2. The molecule has 0 saturated heterocycles. The lowest BCUT2D eigenvalue weighted by Gasteiger charge is -2.24. The van der Waals surface area contributed by atoms with Crippen LogP contribution in [0.1, 0.15) is 23.3 Å². The highest BCUT2D eigenvalue weighted by molar-refractivity contribution is 7.09. The zero-order valence-electron chi connectivity index (χ0n) is 10.5. The van der Waals surface area contributed by atoms with Gasteiger partial charge in [-0.2, -0.15) is 5.26 Å². The van der Waals surface area contributed by atoms with Gasteiger partial charge in [0.15, 0.2) is 0 Å². The predicted molar refractivity (Wildman–Crippen MR) is 79.1 cm³/mol. The van der Waals surface area contributed by atoms with Crippen molar-refractivity contribution < 1.29 is 0 Å². The predicted octanol–water partition coefficient (Wildman–Crippen LogP) is 3.37.